The number of carbonyl (C=O) groups is 1. The number of hydrogen-bond acceptors (Lipinski definition) is 3. The fourth-order valence-electron chi connectivity index (χ4n) is 4.04. The minimum Gasteiger partial charge on any atom is -0.354 e. The van der Waals surface area contributed by atoms with E-state index in [9.17, 15) is 4.79 Å². The van der Waals surface area contributed by atoms with Crippen molar-refractivity contribution in [3.05, 3.63) is 34.9 Å². The molecule has 0 spiro atoms. The third-order valence-electron chi connectivity index (χ3n) is 5.35. The fraction of sp³-hybridized carbons (Fsp3) is 0.632. The molecule has 3 rings (SSSR count). The van der Waals surface area contributed by atoms with E-state index >= 15 is 0 Å². The van der Waals surface area contributed by atoms with E-state index in [1.807, 2.05) is 0 Å². The number of carbonyl (C=O) groups excluding carboxylic acids is 1. The van der Waals surface area contributed by atoms with Crippen LogP contribution in [0.15, 0.2) is 24.3 Å². The first-order chi connectivity index (χ1) is 12.8. The first-order valence-electron chi connectivity index (χ1n) is 9.33. The highest BCUT2D eigenvalue weighted by molar-refractivity contribution is 6.68. The van der Waals surface area contributed by atoms with Crippen molar-refractivity contribution >= 4 is 52.3 Å². The lowest BCUT2D eigenvalue weighted by atomic mass is 9.84. The van der Waals surface area contributed by atoms with Gasteiger partial charge >= 0.3 is 0 Å². The molecule has 2 aliphatic rings. The van der Waals surface area contributed by atoms with E-state index in [4.69, 9.17) is 51.1 Å². The molecule has 0 saturated carbocycles. The minimum atomic E-state index is -1.77. The van der Waals surface area contributed by atoms with Crippen LogP contribution in [0.4, 0.5) is 0 Å². The van der Waals surface area contributed by atoms with E-state index < -0.39 is 15.9 Å². The van der Waals surface area contributed by atoms with E-state index in [1.165, 1.54) is 19.3 Å². The highest BCUT2D eigenvalue weighted by Crippen LogP contribution is 2.34. The molecule has 2 fully saturated rings. The predicted octanol–water partition coefficient (Wildman–Crippen LogP) is 5.05. The highest BCUT2D eigenvalue weighted by Gasteiger charge is 2.38. The van der Waals surface area contributed by atoms with E-state index in [1.54, 1.807) is 24.3 Å². The SMILES string of the molecule is O=C(NC(OCC1CCCN2CCCCC12)C(Cl)(Cl)Cl)c1cccc(Cl)c1. The van der Waals surface area contributed by atoms with E-state index in [2.05, 4.69) is 10.2 Å². The molecule has 0 bridgehead atoms. The maximum atomic E-state index is 12.5. The van der Waals surface area contributed by atoms with E-state index in [0.29, 0.717) is 29.2 Å². The first-order valence-corrected chi connectivity index (χ1v) is 10.8. The molecule has 0 aliphatic carbocycles. The number of hydrogen-bond donors (Lipinski definition) is 1. The molecule has 3 atom stereocenters. The van der Waals surface area contributed by atoms with Crippen molar-refractivity contribution < 1.29 is 9.53 Å². The van der Waals surface area contributed by atoms with Gasteiger partial charge in [-0.2, -0.15) is 0 Å². The van der Waals surface area contributed by atoms with Crippen LogP contribution in [0, 0.1) is 5.92 Å². The molecule has 150 valence electrons. The third kappa shape index (κ3) is 5.88. The van der Waals surface area contributed by atoms with Crippen LogP contribution >= 0.6 is 46.4 Å². The molecule has 1 aromatic rings. The Morgan fingerprint density at radius 3 is 2.74 bits per heavy atom. The van der Waals surface area contributed by atoms with Gasteiger partial charge in [-0.25, -0.2) is 0 Å². The number of fused-ring (bicyclic) bond motifs is 1. The van der Waals surface area contributed by atoms with E-state index in [0.717, 1.165) is 25.9 Å². The number of piperidine rings is 2. The summed E-state index contributed by atoms with van der Waals surface area (Å²) in [4.78, 5) is 15.1. The smallest absolute Gasteiger partial charge is 0.253 e. The van der Waals surface area contributed by atoms with Crippen molar-refractivity contribution in [2.45, 2.75) is 48.2 Å². The summed E-state index contributed by atoms with van der Waals surface area (Å²) in [5.74, 6) is -0.00580. The Labute approximate surface area is 180 Å². The van der Waals surface area contributed by atoms with E-state index in [-0.39, 0.29) is 0 Å². The van der Waals surface area contributed by atoms with Crippen LogP contribution in [0.5, 0.6) is 0 Å². The second kappa shape index (κ2) is 9.51. The molecule has 3 unspecified atom stereocenters. The fourth-order valence-corrected chi connectivity index (χ4v) is 4.58. The number of ether oxygens (including phenoxy) is 1. The summed E-state index contributed by atoms with van der Waals surface area (Å²) < 4.78 is 4.16. The molecule has 0 aromatic heterocycles. The average Bonchev–Trinajstić information content (AvgIpc) is 2.64. The Hall–Kier alpha value is -0.230. The Balaban J connectivity index is 1.62. The van der Waals surface area contributed by atoms with Crippen LogP contribution in [0.2, 0.25) is 5.02 Å². The zero-order valence-corrected chi connectivity index (χ0v) is 18.0. The van der Waals surface area contributed by atoms with Gasteiger partial charge in [0.2, 0.25) is 3.79 Å². The second-order valence-electron chi connectivity index (χ2n) is 7.24. The van der Waals surface area contributed by atoms with Crippen molar-refractivity contribution in [3.8, 4) is 0 Å². The number of alkyl halides is 3. The van der Waals surface area contributed by atoms with Crippen molar-refractivity contribution in [1.29, 1.82) is 0 Å². The molecule has 4 nitrogen and oxygen atoms in total. The lowest BCUT2D eigenvalue weighted by molar-refractivity contribution is -0.0325. The number of rotatable bonds is 5. The Kier molecular flexibility index (Phi) is 7.57. The van der Waals surface area contributed by atoms with Gasteiger partial charge in [-0.1, -0.05) is 58.9 Å². The average molecular weight is 454 g/mol. The molecule has 1 amide bonds. The number of benzene rings is 1. The summed E-state index contributed by atoms with van der Waals surface area (Å²) in [5.41, 5.74) is 0.390. The zero-order chi connectivity index (χ0) is 19.4. The van der Waals surface area contributed by atoms with Crippen molar-refractivity contribution in [1.82, 2.24) is 10.2 Å². The topological polar surface area (TPSA) is 41.6 Å². The van der Waals surface area contributed by atoms with Crippen LogP contribution in [0.3, 0.4) is 0 Å². The lowest BCUT2D eigenvalue weighted by Crippen LogP contribution is -2.51. The Morgan fingerprint density at radius 1 is 1.22 bits per heavy atom. The van der Waals surface area contributed by atoms with Gasteiger partial charge in [0.05, 0.1) is 6.61 Å². The van der Waals surface area contributed by atoms with Crippen molar-refractivity contribution in [2.24, 2.45) is 5.92 Å². The van der Waals surface area contributed by atoms with Gasteiger partial charge in [-0.15, -0.1) is 0 Å². The van der Waals surface area contributed by atoms with Crippen LogP contribution in [0.25, 0.3) is 0 Å². The van der Waals surface area contributed by atoms with Crippen LogP contribution in [-0.4, -0.2) is 46.6 Å². The summed E-state index contributed by atoms with van der Waals surface area (Å²) >= 11 is 24.2. The standard InChI is InChI=1S/C19H24Cl4N2O2/c20-15-7-3-5-13(11-15)17(26)24-18(19(21,22)23)27-12-14-6-4-10-25-9-2-1-8-16(14)25/h3,5,7,11,14,16,18H,1-2,4,6,8-10,12H2,(H,24,26). The lowest BCUT2D eigenvalue weighted by Gasteiger charge is -2.44. The molecule has 1 aromatic carbocycles. The summed E-state index contributed by atoms with van der Waals surface area (Å²) in [5, 5.41) is 3.15. The molecule has 27 heavy (non-hydrogen) atoms. The predicted molar refractivity (Wildman–Crippen MR) is 111 cm³/mol. The first kappa shape index (κ1) is 21.5. The molecule has 0 radical (unpaired) electrons. The Bertz CT molecular complexity index is 651. The molecule has 8 heteroatoms. The molecule has 2 aliphatic heterocycles. The molecular weight excluding hydrogens is 430 g/mol. The zero-order valence-electron chi connectivity index (χ0n) is 15.0. The molecule has 1 N–H and O–H groups in total. The monoisotopic (exact) mass is 452 g/mol. The molecular formula is C19H24Cl4N2O2. The molecule has 2 saturated heterocycles. The molecule has 2 heterocycles. The van der Waals surface area contributed by atoms with Crippen LogP contribution in [-0.2, 0) is 4.74 Å². The quantitative estimate of drug-likeness (QED) is 0.501. The second-order valence-corrected chi connectivity index (χ2v) is 10.0. The summed E-state index contributed by atoms with van der Waals surface area (Å²) in [6.45, 7) is 2.76. The van der Waals surface area contributed by atoms with Gasteiger partial charge in [0.1, 0.15) is 0 Å². The van der Waals surface area contributed by atoms with Gasteiger partial charge < -0.3 is 15.0 Å². The van der Waals surface area contributed by atoms with Gasteiger partial charge in [0.15, 0.2) is 6.23 Å². The number of nitrogens with one attached hydrogen (secondary N) is 1. The number of nitrogens with zero attached hydrogens (tertiary/aromatic N) is 1. The maximum Gasteiger partial charge on any atom is 0.253 e. The largest absolute Gasteiger partial charge is 0.354 e. The van der Waals surface area contributed by atoms with Crippen molar-refractivity contribution in [2.75, 3.05) is 19.7 Å². The van der Waals surface area contributed by atoms with Gasteiger partial charge in [0.25, 0.3) is 5.91 Å². The highest BCUT2D eigenvalue weighted by atomic mass is 35.6. The summed E-state index contributed by atoms with van der Waals surface area (Å²) in [7, 11) is 0. The van der Waals surface area contributed by atoms with Crippen LogP contribution in [0.1, 0.15) is 42.5 Å². The van der Waals surface area contributed by atoms with Gasteiger partial charge in [-0.05, 0) is 62.9 Å². The third-order valence-corrected chi connectivity index (χ3v) is 6.18. The minimum absolute atomic E-state index is 0.386. The summed E-state index contributed by atoms with van der Waals surface area (Å²) in [6.07, 6.45) is 4.90. The van der Waals surface area contributed by atoms with Gasteiger partial charge in [-0.3, -0.25) is 4.79 Å². The Morgan fingerprint density at radius 2 is 2.00 bits per heavy atom. The number of amides is 1. The number of halogens is 4. The van der Waals surface area contributed by atoms with Crippen LogP contribution < -0.4 is 5.32 Å². The maximum absolute atomic E-state index is 12.5. The van der Waals surface area contributed by atoms with Crippen molar-refractivity contribution in [3.63, 3.8) is 0 Å². The van der Waals surface area contributed by atoms with Gasteiger partial charge in [0, 0.05) is 16.6 Å². The summed E-state index contributed by atoms with van der Waals surface area (Å²) in [6, 6.07) is 7.13. The normalized spacial score (nSPS) is 24.9.